The van der Waals surface area contributed by atoms with Crippen LogP contribution >= 0.6 is 11.8 Å². The molecule has 0 aliphatic carbocycles. The maximum Gasteiger partial charge on any atom is 0.322 e. The first-order chi connectivity index (χ1) is 20.8. The van der Waals surface area contributed by atoms with Crippen LogP contribution in [0.1, 0.15) is 49.6 Å². The van der Waals surface area contributed by atoms with Crippen LogP contribution in [0.15, 0.2) is 48.5 Å². The molecule has 230 valence electrons. The van der Waals surface area contributed by atoms with E-state index in [0.29, 0.717) is 32.1 Å². The molecule has 3 fully saturated rings. The van der Waals surface area contributed by atoms with Crippen molar-refractivity contribution in [3.8, 4) is 0 Å². The van der Waals surface area contributed by atoms with E-state index in [1.54, 1.807) is 11.8 Å². The second kappa shape index (κ2) is 12.8. The van der Waals surface area contributed by atoms with Crippen LogP contribution in [-0.2, 0) is 16.1 Å². The van der Waals surface area contributed by atoms with E-state index in [2.05, 4.69) is 66.3 Å². The van der Waals surface area contributed by atoms with Gasteiger partial charge in [-0.1, -0.05) is 50.2 Å². The Balaban J connectivity index is 1.11. The topological polar surface area (TPSA) is 79.4 Å². The lowest BCUT2D eigenvalue weighted by atomic mass is 10.0. The minimum absolute atomic E-state index is 0.0373. The number of anilines is 2. The van der Waals surface area contributed by atoms with Crippen molar-refractivity contribution in [3.63, 3.8) is 0 Å². The van der Waals surface area contributed by atoms with E-state index in [0.717, 1.165) is 50.3 Å². The Morgan fingerprint density at radius 1 is 0.953 bits per heavy atom. The number of likely N-dealkylation sites (N-methyl/N-ethyl adjacent to an activating group) is 1. The Bertz CT molecular complexity index is 1340. The van der Waals surface area contributed by atoms with E-state index in [9.17, 15) is 14.4 Å². The summed E-state index contributed by atoms with van der Waals surface area (Å²) in [5, 5.41) is 2.52. The highest BCUT2D eigenvalue weighted by molar-refractivity contribution is 8.01. The van der Waals surface area contributed by atoms with Gasteiger partial charge in [-0.2, -0.15) is 0 Å². The third-order valence-corrected chi connectivity index (χ3v) is 10.7. The molecule has 4 aliphatic rings. The van der Waals surface area contributed by atoms with Crippen molar-refractivity contribution in [1.82, 2.24) is 19.6 Å². The summed E-state index contributed by atoms with van der Waals surface area (Å²) >= 11 is 1.64. The number of nitrogens with one attached hydrogen (secondary N) is 1. The molecule has 2 unspecified atom stereocenters. The fourth-order valence-electron chi connectivity index (χ4n) is 6.81. The molecule has 0 saturated carbocycles. The fraction of sp³-hybridized carbons (Fsp3) is 0.545. The van der Waals surface area contributed by atoms with E-state index >= 15 is 0 Å². The molecular formula is C33H44N6O3S. The Labute approximate surface area is 259 Å². The molecule has 4 aliphatic heterocycles. The van der Waals surface area contributed by atoms with Crippen molar-refractivity contribution < 1.29 is 14.4 Å². The molecule has 4 amide bonds. The first-order valence-electron chi connectivity index (χ1n) is 15.7. The predicted octanol–water partition coefficient (Wildman–Crippen LogP) is 4.47. The Kier molecular flexibility index (Phi) is 8.86. The number of rotatable bonds is 7. The molecule has 0 bridgehead atoms. The highest BCUT2D eigenvalue weighted by Gasteiger charge is 2.44. The Morgan fingerprint density at radius 2 is 1.65 bits per heavy atom. The first kappa shape index (κ1) is 29.8. The number of amides is 4. The zero-order chi connectivity index (χ0) is 30.1. The highest BCUT2D eigenvalue weighted by Crippen LogP contribution is 2.47. The molecule has 6 rings (SSSR count). The standard InChI is InChI=1S/C33H44N6O3S/c1-23(2)21-39-31(41)29(43-32(39)26-9-5-7-11-28(26)36-18-16-35(3)17-19-36)20-30(40)37-14-12-25(13-15-37)38-22-24-8-4-6-10-27(24)34-33(38)42/h4-11,23,25,29,32H,12-22H2,1-3H3,(H,34,42). The molecule has 43 heavy (non-hydrogen) atoms. The van der Waals surface area contributed by atoms with Crippen molar-refractivity contribution in [2.24, 2.45) is 5.92 Å². The van der Waals surface area contributed by atoms with E-state index in [1.165, 1.54) is 11.3 Å². The SMILES string of the molecule is CC(C)CN1C(=O)C(CC(=O)N2CCC(N3Cc4ccccc4NC3=O)CC2)SC1c1ccccc1N1CCN(C)CC1. The summed E-state index contributed by atoms with van der Waals surface area (Å²) in [6.45, 7) is 10.7. The van der Waals surface area contributed by atoms with E-state index in [4.69, 9.17) is 0 Å². The number of hydrogen-bond acceptors (Lipinski definition) is 6. The number of piperidine rings is 1. The van der Waals surface area contributed by atoms with Gasteiger partial charge in [0.15, 0.2) is 0 Å². The van der Waals surface area contributed by atoms with Crippen LogP contribution in [0.25, 0.3) is 0 Å². The summed E-state index contributed by atoms with van der Waals surface area (Å²) in [4.78, 5) is 50.8. The van der Waals surface area contributed by atoms with Gasteiger partial charge in [-0.3, -0.25) is 9.59 Å². The minimum Gasteiger partial charge on any atom is -0.369 e. The fourth-order valence-corrected chi connectivity index (χ4v) is 8.29. The number of nitrogens with zero attached hydrogens (tertiary/aromatic N) is 5. The molecule has 4 heterocycles. The quantitative estimate of drug-likeness (QED) is 0.503. The van der Waals surface area contributed by atoms with Gasteiger partial charge in [0.05, 0.1) is 5.25 Å². The molecular weight excluding hydrogens is 560 g/mol. The summed E-state index contributed by atoms with van der Waals surface area (Å²) < 4.78 is 0. The summed E-state index contributed by atoms with van der Waals surface area (Å²) in [6.07, 6.45) is 1.70. The normalized spacial score (nSPS) is 23.6. The molecule has 0 spiro atoms. The molecule has 1 N–H and O–H groups in total. The molecule has 10 heteroatoms. The number of benzene rings is 2. The summed E-state index contributed by atoms with van der Waals surface area (Å²) in [5.41, 5.74) is 4.37. The average Bonchev–Trinajstić information content (AvgIpc) is 3.30. The zero-order valence-corrected chi connectivity index (χ0v) is 26.4. The lowest BCUT2D eigenvalue weighted by Crippen LogP contribution is -2.51. The van der Waals surface area contributed by atoms with Crippen LogP contribution in [0.2, 0.25) is 0 Å². The Morgan fingerprint density at radius 3 is 2.40 bits per heavy atom. The van der Waals surface area contributed by atoms with Crippen LogP contribution in [0.3, 0.4) is 0 Å². The van der Waals surface area contributed by atoms with Gasteiger partial charge >= 0.3 is 6.03 Å². The first-order valence-corrected chi connectivity index (χ1v) is 16.6. The van der Waals surface area contributed by atoms with Crippen molar-refractivity contribution in [1.29, 1.82) is 0 Å². The van der Waals surface area contributed by atoms with E-state index < -0.39 is 0 Å². The summed E-state index contributed by atoms with van der Waals surface area (Å²) in [7, 11) is 2.16. The van der Waals surface area contributed by atoms with Gasteiger partial charge in [-0.25, -0.2) is 4.79 Å². The zero-order valence-electron chi connectivity index (χ0n) is 25.6. The number of piperazine rings is 1. The van der Waals surface area contributed by atoms with Gasteiger partial charge in [-0.05, 0) is 43.5 Å². The number of thioether (sulfide) groups is 1. The Hall–Kier alpha value is -3.24. The van der Waals surface area contributed by atoms with Crippen LogP contribution < -0.4 is 10.2 Å². The van der Waals surface area contributed by atoms with Gasteiger partial charge in [-0.15, -0.1) is 11.8 Å². The van der Waals surface area contributed by atoms with E-state index in [1.807, 2.05) is 32.9 Å². The third kappa shape index (κ3) is 6.36. The average molecular weight is 605 g/mol. The number of likely N-dealkylation sites (tertiary alicyclic amines) is 1. The largest absolute Gasteiger partial charge is 0.369 e. The van der Waals surface area contributed by atoms with Gasteiger partial charge in [0.25, 0.3) is 0 Å². The molecule has 0 radical (unpaired) electrons. The van der Waals surface area contributed by atoms with Gasteiger partial charge < -0.3 is 29.8 Å². The van der Waals surface area contributed by atoms with E-state index in [-0.39, 0.29) is 40.9 Å². The number of urea groups is 1. The molecule has 2 aromatic carbocycles. The number of fused-ring (bicyclic) bond motifs is 1. The number of para-hydroxylation sites is 2. The number of carbonyl (C=O) groups excluding carboxylic acids is 3. The number of hydrogen-bond donors (Lipinski definition) is 1. The predicted molar refractivity (Wildman–Crippen MR) is 172 cm³/mol. The molecule has 3 saturated heterocycles. The van der Waals surface area contributed by atoms with Crippen LogP contribution in [0, 0.1) is 5.92 Å². The van der Waals surface area contributed by atoms with Crippen molar-refractivity contribution in [2.45, 2.75) is 56.3 Å². The van der Waals surface area contributed by atoms with Gasteiger partial charge in [0.2, 0.25) is 11.8 Å². The van der Waals surface area contributed by atoms with Crippen LogP contribution in [0.4, 0.5) is 16.2 Å². The monoisotopic (exact) mass is 604 g/mol. The second-order valence-electron chi connectivity index (χ2n) is 12.7. The maximum atomic E-state index is 13.8. The highest BCUT2D eigenvalue weighted by atomic mass is 32.2. The smallest absolute Gasteiger partial charge is 0.322 e. The van der Waals surface area contributed by atoms with Crippen molar-refractivity contribution >= 4 is 41.0 Å². The van der Waals surface area contributed by atoms with Crippen LogP contribution in [-0.4, -0.2) is 102 Å². The van der Waals surface area contributed by atoms with Gasteiger partial charge in [0, 0.05) is 81.8 Å². The maximum absolute atomic E-state index is 13.8. The summed E-state index contributed by atoms with van der Waals surface area (Å²) in [6, 6.07) is 16.4. The molecule has 9 nitrogen and oxygen atoms in total. The van der Waals surface area contributed by atoms with Crippen LogP contribution in [0.5, 0.6) is 0 Å². The molecule has 0 aromatic heterocycles. The minimum atomic E-state index is -0.390. The second-order valence-corrected chi connectivity index (χ2v) is 14.0. The van der Waals surface area contributed by atoms with Gasteiger partial charge in [0.1, 0.15) is 5.37 Å². The number of carbonyl (C=O) groups is 3. The van der Waals surface area contributed by atoms with Crippen molar-refractivity contribution in [2.75, 3.05) is 63.1 Å². The summed E-state index contributed by atoms with van der Waals surface area (Å²) in [5.74, 6) is 0.439. The third-order valence-electron chi connectivity index (χ3n) is 9.22. The lowest BCUT2D eigenvalue weighted by Gasteiger charge is -2.40. The molecule has 2 aromatic rings. The van der Waals surface area contributed by atoms with Crippen molar-refractivity contribution in [3.05, 3.63) is 59.7 Å². The lowest BCUT2D eigenvalue weighted by molar-refractivity contribution is -0.137. The molecule has 2 atom stereocenters.